The van der Waals surface area contributed by atoms with Crippen molar-refractivity contribution < 1.29 is 13.2 Å². The fraction of sp³-hybridized carbons (Fsp3) is 0.389. The Morgan fingerprint density at radius 3 is 2.36 bits per heavy atom. The molecule has 2 heterocycles. The second-order valence-corrected chi connectivity index (χ2v) is 8.73. The van der Waals surface area contributed by atoms with Gasteiger partial charge >= 0.3 is 5.69 Å². The third-order valence-electron chi connectivity index (χ3n) is 4.64. The molecule has 1 fully saturated rings. The highest BCUT2D eigenvalue weighted by atomic mass is 32.2. The van der Waals surface area contributed by atoms with Crippen LogP contribution < -0.4 is 16.0 Å². The van der Waals surface area contributed by atoms with Crippen molar-refractivity contribution in [2.24, 2.45) is 5.92 Å². The molecule has 1 aromatic carbocycles. The average Bonchev–Trinajstić information content (AvgIpc) is 2.60. The zero-order chi connectivity index (χ0) is 20.3. The monoisotopic (exact) mass is 406 g/mol. The number of H-pyrrole nitrogens is 2. The molecular formula is C18H22N4O5S. The topological polar surface area (TPSA) is 132 Å². The molecule has 1 aliphatic heterocycles. The fourth-order valence-corrected chi connectivity index (χ4v) is 3.92. The van der Waals surface area contributed by atoms with Gasteiger partial charge in [0.15, 0.2) is 5.78 Å². The summed E-state index contributed by atoms with van der Waals surface area (Å²) in [6.07, 6.45) is 2.42. The fourth-order valence-electron chi connectivity index (χ4n) is 3.35. The summed E-state index contributed by atoms with van der Waals surface area (Å²) < 4.78 is 24.9. The number of ketones is 1. The first kappa shape index (κ1) is 20.0. The molecule has 150 valence electrons. The van der Waals surface area contributed by atoms with Crippen LogP contribution in [0.1, 0.15) is 28.9 Å². The molecule has 2 aromatic rings. The van der Waals surface area contributed by atoms with Crippen molar-refractivity contribution in [3.8, 4) is 0 Å². The Hall–Kier alpha value is -2.72. The van der Waals surface area contributed by atoms with E-state index in [9.17, 15) is 22.8 Å². The van der Waals surface area contributed by atoms with Gasteiger partial charge in [-0.3, -0.25) is 24.2 Å². The van der Waals surface area contributed by atoms with Crippen LogP contribution in [-0.4, -0.2) is 48.4 Å². The van der Waals surface area contributed by atoms with Gasteiger partial charge < -0.3 is 4.98 Å². The minimum atomic E-state index is -3.35. The summed E-state index contributed by atoms with van der Waals surface area (Å²) in [4.78, 5) is 42.3. The van der Waals surface area contributed by atoms with Gasteiger partial charge in [-0.25, -0.2) is 13.2 Å². The van der Waals surface area contributed by atoms with E-state index in [1.807, 2.05) is 0 Å². The number of benzene rings is 1. The predicted octanol–water partition coefficient (Wildman–Crippen LogP) is 0.530. The van der Waals surface area contributed by atoms with E-state index in [4.69, 9.17) is 0 Å². The summed E-state index contributed by atoms with van der Waals surface area (Å²) in [6.45, 7) is 1.81. The van der Waals surface area contributed by atoms with Crippen molar-refractivity contribution in [1.82, 2.24) is 14.9 Å². The number of carbonyl (C=O) groups is 1. The molecule has 0 bridgehead atoms. The number of aromatic nitrogens is 2. The van der Waals surface area contributed by atoms with Crippen LogP contribution in [0.2, 0.25) is 0 Å². The molecule has 28 heavy (non-hydrogen) atoms. The summed E-state index contributed by atoms with van der Waals surface area (Å²) in [5, 5.41) is 0. The van der Waals surface area contributed by atoms with E-state index < -0.39 is 21.3 Å². The molecule has 10 heteroatoms. The number of hydrogen-bond donors (Lipinski definition) is 3. The molecule has 0 amide bonds. The van der Waals surface area contributed by atoms with E-state index in [-0.39, 0.29) is 11.7 Å². The molecule has 1 aromatic heterocycles. The minimum Gasteiger partial charge on any atom is -0.310 e. The lowest BCUT2D eigenvalue weighted by Crippen LogP contribution is -2.37. The second kappa shape index (κ2) is 8.11. The van der Waals surface area contributed by atoms with E-state index in [0.717, 1.165) is 6.26 Å². The molecule has 3 rings (SSSR count). The normalized spacial score (nSPS) is 16.0. The van der Waals surface area contributed by atoms with Crippen LogP contribution in [0.25, 0.3) is 0 Å². The number of sulfonamides is 1. The van der Waals surface area contributed by atoms with E-state index in [1.165, 1.54) is 6.07 Å². The second-order valence-electron chi connectivity index (χ2n) is 6.98. The summed E-state index contributed by atoms with van der Waals surface area (Å²) in [7, 11) is -3.35. The molecule has 0 unspecified atom stereocenters. The Kier molecular flexibility index (Phi) is 5.80. The number of nitrogens with zero attached hydrogens (tertiary/aromatic N) is 1. The number of nitrogens with one attached hydrogen (secondary N) is 3. The van der Waals surface area contributed by atoms with E-state index in [0.29, 0.717) is 49.4 Å². The maximum Gasteiger partial charge on any atom is 0.325 e. The summed E-state index contributed by atoms with van der Waals surface area (Å²) in [6, 6.07) is 7.77. The number of rotatable bonds is 6. The molecule has 0 aliphatic carbocycles. The Bertz CT molecular complexity index is 1040. The zero-order valence-corrected chi connectivity index (χ0v) is 16.2. The summed E-state index contributed by atoms with van der Waals surface area (Å²) >= 11 is 0. The van der Waals surface area contributed by atoms with Crippen LogP contribution in [-0.2, 0) is 16.6 Å². The van der Waals surface area contributed by atoms with Crippen LogP contribution in [0.4, 0.5) is 5.69 Å². The molecule has 0 saturated carbocycles. The van der Waals surface area contributed by atoms with Crippen molar-refractivity contribution in [3.63, 3.8) is 0 Å². The Balaban J connectivity index is 1.57. The van der Waals surface area contributed by atoms with Gasteiger partial charge in [-0.15, -0.1) is 0 Å². The molecule has 3 N–H and O–H groups in total. The van der Waals surface area contributed by atoms with Crippen LogP contribution in [0.3, 0.4) is 0 Å². The van der Waals surface area contributed by atoms with Crippen LogP contribution >= 0.6 is 0 Å². The van der Waals surface area contributed by atoms with Crippen molar-refractivity contribution in [2.75, 3.05) is 24.1 Å². The standard InChI is InChI=1S/C18H22N4O5S/c1-28(26,27)21-14-4-2-12(3-5-14)17(24)13-6-8-22(9-7-13)11-15-10-16(23)20-18(25)19-15/h2-5,10,13,21H,6-9,11H2,1H3,(H2,19,20,23,25). The first-order valence-corrected chi connectivity index (χ1v) is 10.8. The van der Waals surface area contributed by atoms with Gasteiger partial charge in [0, 0.05) is 35.5 Å². The average molecular weight is 406 g/mol. The van der Waals surface area contributed by atoms with E-state index in [1.54, 1.807) is 24.3 Å². The number of Topliss-reactive ketones (excluding diaryl/α,β-unsaturated/α-hetero) is 1. The van der Waals surface area contributed by atoms with E-state index in [2.05, 4.69) is 19.6 Å². The molecular weight excluding hydrogens is 384 g/mol. The third kappa shape index (κ3) is 5.40. The van der Waals surface area contributed by atoms with Gasteiger partial charge in [0.2, 0.25) is 10.0 Å². The molecule has 0 radical (unpaired) electrons. The molecule has 0 atom stereocenters. The predicted molar refractivity (Wildman–Crippen MR) is 105 cm³/mol. The molecule has 9 nitrogen and oxygen atoms in total. The van der Waals surface area contributed by atoms with Gasteiger partial charge in [0.05, 0.1) is 6.26 Å². The van der Waals surface area contributed by atoms with Crippen LogP contribution in [0, 0.1) is 5.92 Å². The number of piperidine rings is 1. The lowest BCUT2D eigenvalue weighted by molar-refractivity contribution is 0.0834. The maximum atomic E-state index is 12.7. The quantitative estimate of drug-likeness (QED) is 0.600. The molecule has 0 spiro atoms. The first-order chi connectivity index (χ1) is 13.2. The largest absolute Gasteiger partial charge is 0.325 e. The van der Waals surface area contributed by atoms with Crippen LogP contribution in [0.15, 0.2) is 39.9 Å². The highest BCUT2D eigenvalue weighted by Crippen LogP contribution is 2.23. The maximum absolute atomic E-state index is 12.7. The number of anilines is 1. The van der Waals surface area contributed by atoms with Crippen molar-refractivity contribution in [2.45, 2.75) is 19.4 Å². The number of hydrogen-bond acceptors (Lipinski definition) is 6. The van der Waals surface area contributed by atoms with Crippen molar-refractivity contribution in [3.05, 3.63) is 62.4 Å². The van der Waals surface area contributed by atoms with Gasteiger partial charge in [-0.2, -0.15) is 0 Å². The number of carbonyl (C=O) groups excluding carboxylic acids is 1. The summed E-state index contributed by atoms with van der Waals surface area (Å²) in [5.74, 6) is -0.0710. The Morgan fingerprint density at radius 2 is 1.79 bits per heavy atom. The van der Waals surface area contributed by atoms with Gasteiger partial charge in [0.1, 0.15) is 0 Å². The van der Waals surface area contributed by atoms with Crippen LogP contribution in [0.5, 0.6) is 0 Å². The lowest BCUT2D eigenvalue weighted by Gasteiger charge is -2.31. The highest BCUT2D eigenvalue weighted by Gasteiger charge is 2.26. The van der Waals surface area contributed by atoms with E-state index >= 15 is 0 Å². The minimum absolute atomic E-state index is 0.0371. The van der Waals surface area contributed by atoms with Gasteiger partial charge in [0.25, 0.3) is 5.56 Å². The lowest BCUT2D eigenvalue weighted by atomic mass is 9.89. The number of aromatic amines is 2. The highest BCUT2D eigenvalue weighted by molar-refractivity contribution is 7.92. The van der Waals surface area contributed by atoms with Gasteiger partial charge in [-0.05, 0) is 50.2 Å². The molecule has 1 saturated heterocycles. The molecule has 1 aliphatic rings. The van der Waals surface area contributed by atoms with Crippen molar-refractivity contribution in [1.29, 1.82) is 0 Å². The SMILES string of the molecule is CS(=O)(=O)Nc1ccc(C(=O)C2CCN(Cc3cc(=O)[nH]c(=O)[nH]3)CC2)cc1. The number of likely N-dealkylation sites (tertiary alicyclic amines) is 1. The smallest absolute Gasteiger partial charge is 0.310 e. The van der Waals surface area contributed by atoms with Crippen molar-refractivity contribution >= 4 is 21.5 Å². The Labute approximate surface area is 161 Å². The Morgan fingerprint density at radius 1 is 1.14 bits per heavy atom. The summed E-state index contributed by atoms with van der Waals surface area (Å²) in [5.41, 5.74) is 0.559. The first-order valence-electron chi connectivity index (χ1n) is 8.86. The zero-order valence-electron chi connectivity index (χ0n) is 15.4. The van der Waals surface area contributed by atoms with Gasteiger partial charge in [-0.1, -0.05) is 0 Å². The third-order valence-corrected chi connectivity index (χ3v) is 5.25.